The number of rotatable bonds is 2. The van der Waals surface area contributed by atoms with Gasteiger partial charge < -0.3 is 9.64 Å². The summed E-state index contributed by atoms with van der Waals surface area (Å²) < 4.78 is 7.26. The van der Waals surface area contributed by atoms with Crippen LogP contribution in [0.1, 0.15) is 20.8 Å². The number of ether oxygens (including phenoxy) is 1. The maximum atomic E-state index is 12.2. The number of fused-ring (bicyclic) bond motifs is 2. The van der Waals surface area contributed by atoms with Crippen LogP contribution in [0.5, 0.6) is 0 Å². The van der Waals surface area contributed by atoms with Crippen molar-refractivity contribution in [1.29, 1.82) is 0 Å². The molecule has 4 heterocycles. The summed E-state index contributed by atoms with van der Waals surface area (Å²) in [5.74, 6) is 0. The predicted molar refractivity (Wildman–Crippen MR) is 106 cm³/mol. The van der Waals surface area contributed by atoms with Gasteiger partial charge in [-0.25, -0.2) is 14.3 Å². The van der Waals surface area contributed by atoms with E-state index in [0.29, 0.717) is 6.04 Å². The second-order valence-electron chi connectivity index (χ2n) is 8.44. The Hall–Kier alpha value is -3.09. The first kappa shape index (κ1) is 17.0. The number of piperazine rings is 1. The molecular weight excluding hydrogens is 354 g/mol. The van der Waals surface area contributed by atoms with Gasteiger partial charge in [-0.2, -0.15) is 5.10 Å². The molecule has 2 atom stereocenters. The highest BCUT2D eigenvalue weighted by Gasteiger charge is 2.54. The molecule has 3 aromatic rings. The molecule has 2 aromatic heterocycles. The van der Waals surface area contributed by atoms with Crippen LogP contribution < -0.4 is 4.90 Å². The molecule has 2 saturated heterocycles. The monoisotopic (exact) mass is 377 g/mol. The SMILES string of the molecule is CC(C)(C)OC(=O)N1C[C@@H]2C1CN2c1ccc(-c2cnc3ccnn3c2)cc1. The standard InChI is InChI=1S/C21H23N5O2/c1-21(2,3)28-20(27)25-13-17-18(25)12-24(17)16-6-4-14(5-7-16)15-10-22-19-8-9-23-26(19)11-15/h4-11,17-18H,12-13H2,1-3H3/t17-,18?/m1/s1. The van der Waals surface area contributed by atoms with Gasteiger partial charge in [0.1, 0.15) is 5.60 Å². The normalized spacial score (nSPS) is 21.1. The highest BCUT2D eigenvalue weighted by molar-refractivity contribution is 5.73. The first-order valence-corrected chi connectivity index (χ1v) is 9.55. The van der Waals surface area contributed by atoms with Crippen LogP contribution in [-0.2, 0) is 4.74 Å². The topological polar surface area (TPSA) is 63.0 Å². The van der Waals surface area contributed by atoms with Gasteiger partial charge in [0, 0.05) is 42.8 Å². The fourth-order valence-electron chi connectivity index (χ4n) is 3.89. The van der Waals surface area contributed by atoms with E-state index in [2.05, 4.69) is 39.2 Å². The molecule has 2 aliphatic rings. The number of nitrogens with zero attached hydrogens (tertiary/aromatic N) is 5. The van der Waals surface area contributed by atoms with Gasteiger partial charge in [0.25, 0.3) is 0 Å². The van der Waals surface area contributed by atoms with Gasteiger partial charge in [-0.1, -0.05) is 12.1 Å². The fourth-order valence-corrected chi connectivity index (χ4v) is 3.89. The number of benzene rings is 1. The summed E-state index contributed by atoms with van der Waals surface area (Å²) in [5.41, 5.74) is 3.71. The second kappa shape index (κ2) is 5.95. The lowest BCUT2D eigenvalue weighted by Gasteiger charge is -2.62. The largest absolute Gasteiger partial charge is 0.444 e. The van der Waals surface area contributed by atoms with Crippen LogP contribution in [0.2, 0.25) is 0 Å². The van der Waals surface area contributed by atoms with E-state index in [1.807, 2.05) is 44.1 Å². The number of anilines is 1. The van der Waals surface area contributed by atoms with Gasteiger partial charge in [-0.15, -0.1) is 0 Å². The third kappa shape index (κ3) is 2.78. The summed E-state index contributed by atoms with van der Waals surface area (Å²) >= 11 is 0. The molecule has 0 bridgehead atoms. The van der Waals surface area contributed by atoms with E-state index in [1.54, 1.807) is 10.7 Å². The van der Waals surface area contributed by atoms with Crippen molar-refractivity contribution in [2.75, 3.05) is 18.0 Å². The van der Waals surface area contributed by atoms with Crippen molar-refractivity contribution in [3.8, 4) is 11.1 Å². The van der Waals surface area contributed by atoms with E-state index >= 15 is 0 Å². The van der Waals surface area contributed by atoms with Gasteiger partial charge in [0.15, 0.2) is 5.65 Å². The number of aromatic nitrogens is 3. The van der Waals surface area contributed by atoms with Gasteiger partial charge in [-0.3, -0.25) is 4.90 Å². The minimum Gasteiger partial charge on any atom is -0.444 e. The summed E-state index contributed by atoms with van der Waals surface area (Å²) in [6.07, 6.45) is 5.40. The molecule has 1 unspecified atom stereocenters. The quantitative estimate of drug-likeness (QED) is 0.686. The highest BCUT2D eigenvalue weighted by atomic mass is 16.6. The summed E-state index contributed by atoms with van der Waals surface area (Å²) in [7, 11) is 0. The van der Waals surface area contributed by atoms with E-state index in [0.717, 1.165) is 29.9 Å². The number of amides is 1. The van der Waals surface area contributed by atoms with Crippen molar-refractivity contribution in [2.24, 2.45) is 0 Å². The smallest absolute Gasteiger partial charge is 0.410 e. The molecule has 0 aliphatic carbocycles. The van der Waals surface area contributed by atoms with Gasteiger partial charge in [-0.05, 0) is 38.5 Å². The van der Waals surface area contributed by atoms with Crippen molar-refractivity contribution in [3.63, 3.8) is 0 Å². The molecule has 144 valence electrons. The third-order valence-electron chi connectivity index (χ3n) is 5.42. The Bertz CT molecular complexity index is 1040. The summed E-state index contributed by atoms with van der Waals surface area (Å²) in [6.45, 7) is 7.27. The Morgan fingerprint density at radius 2 is 1.86 bits per heavy atom. The van der Waals surface area contributed by atoms with Gasteiger partial charge in [0.2, 0.25) is 0 Å². The molecule has 2 aliphatic heterocycles. The zero-order chi connectivity index (χ0) is 19.5. The predicted octanol–water partition coefficient (Wildman–Crippen LogP) is 3.20. The maximum Gasteiger partial charge on any atom is 0.410 e. The lowest BCUT2D eigenvalue weighted by atomic mass is 9.85. The first-order valence-electron chi connectivity index (χ1n) is 9.55. The summed E-state index contributed by atoms with van der Waals surface area (Å²) in [6, 6.07) is 11.0. The molecule has 28 heavy (non-hydrogen) atoms. The maximum absolute atomic E-state index is 12.2. The number of carbonyl (C=O) groups excluding carboxylic acids is 1. The van der Waals surface area contributed by atoms with Crippen molar-refractivity contribution >= 4 is 17.4 Å². The molecule has 0 N–H and O–H groups in total. The Labute approximate surface area is 163 Å². The van der Waals surface area contributed by atoms with Crippen LogP contribution in [0, 0.1) is 0 Å². The number of hydrogen-bond donors (Lipinski definition) is 0. The fraction of sp³-hybridized carbons (Fsp3) is 0.381. The second-order valence-corrected chi connectivity index (χ2v) is 8.44. The Morgan fingerprint density at radius 1 is 1.07 bits per heavy atom. The molecule has 7 nitrogen and oxygen atoms in total. The van der Waals surface area contributed by atoms with Crippen LogP contribution in [0.4, 0.5) is 10.5 Å². The molecule has 5 rings (SSSR count). The zero-order valence-electron chi connectivity index (χ0n) is 16.2. The highest BCUT2D eigenvalue weighted by Crippen LogP contribution is 2.38. The number of likely N-dealkylation sites (tertiary alicyclic amines) is 1. The van der Waals surface area contributed by atoms with E-state index in [1.165, 1.54) is 5.69 Å². The van der Waals surface area contributed by atoms with Crippen LogP contribution in [0.25, 0.3) is 16.8 Å². The van der Waals surface area contributed by atoms with Crippen molar-refractivity contribution in [1.82, 2.24) is 19.5 Å². The first-order chi connectivity index (χ1) is 13.4. The lowest BCUT2D eigenvalue weighted by molar-refractivity contribution is -0.0309. The number of carbonyl (C=O) groups is 1. The van der Waals surface area contributed by atoms with E-state index < -0.39 is 5.60 Å². The molecule has 0 saturated carbocycles. The average molecular weight is 377 g/mol. The zero-order valence-corrected chi connectivity index (χ0v) is 16.2. The molecule has 7 heteroatoms. The lowest BCUT2D eigenvalue weighted by Crippen LogP contribution is -2.80. The van der Waals surface area contributed by atoms with E-state index in [9.17, 15) is 4.79 Å². The molecule has 2 fully saturated rings. The van der Waals surface area contributed by atoms with Crippen molar-refractivity contribution < 1.29 is 9.53 Å². The average Bonchev–Trinajstić information content (AvgIpc) is 3.10. The summed E-state index contributed by atoms with van der Waals surface area (Å²) in [4.78, 5) is 20.8. The van der Waals surface area contributed by atoms with E-state index in [4.69, 9.17) is 4.74 Å². The third-order valence-corrected chi connectivity index (χ3v) is 5.42. The van der Waals surface area contributed by atoms with Crippen molar-refractivity contribution in [2.45, 2.75) is 38.5 Å². The van der Waals surface area contributed by atoms with Gasteiger partial charge >= 0.3 is 6.09 Å². The molecule has 0 spiro atoms. The minimum absolute atomic E-state index is 0.203. The van der Waals surface area contributed by atoms with Crippen LogP contribution >= 0.6 is 0 Å². The Balaban J connectivity index is 1.25. The Morgan fingerprint density at radius 3 is 2.54 bits per heavy atom. The molecule has 1 aromatic carbocycles. The van der Waals surface area contributed by atoms with Crippen LogP contribution in [-0.4, -0.2) is 56.4 Å². The van der Waals surface area contributed by atoms with Crippen LogP contribution in [0.3, 0.4) is 0 Å². The minimum atomic E-state index is -0.449. The molecule has 1 amide bonds. The van der Waals surface area contributed by atoms with Crippen LogP contribution in [0.15, 0.2) is 48.9 Å². The summed E-state index contributed by atoms with van der Waals surface area (Å²) in [5, 5.41) is 4.25. The Kier molecular flexibility index (Phi) is 3.62. The molecule has 0 radical (unpaired) electrons. The van der Waals surface area contributed by atoms with Crippen molar-refractivity contribution in [3.05, 3.63) is 48.9 Å². The molecular formula is C21H23N5O2. The van der Waals surface area contributed by atoms with E-state index in [-0.39, 0.29) is 12.1 Å². The number of hydrogen-bond acceptors (Lipinski definition) is 5. The van der Waals surface area contributed by atoms with Gasteiger partial charge in [0.05, 0.1) is 18.3 Å².